The van der Waals surface area contributed by atoms with Crippen molar-refractivity contribution >= 4 is 0 Å². The Kier molecular flexibility index (Phi) is 4.71. The maximum Gasteiger partial charge on any atom is 0.408 e. The van der Waals surface area contributed by atoms with Crippen molar-refractivity contribution < 1.29 is 22.4 Å². The van der Waals surface area contributed by atoms with E-state index in [0.717, 1.165) is 4.68 Å². The number of rotatable bonds is 4. The van der Waals surface area contributed by atoms with Gasteiger partial charge in [0.1, 0.15) is 12.3 Å². The van der Waals surface area contributed by atoms with Crippen molar-refractivity contribution in [1.29, 1.82) is 0 Å². The summed E-state index contributed by atoms with van der Waals surface area (Å²) < 4.78 is 50.1. The highest BCUT2D eigenvalue weighted by molar-refractivity contribution is 5.60. The molecule has 1 aromatic carbocycles. The van der Waals surface area contributed by atoms with Crippen LogP contribution in [0.4, 0.5) is 13.2 Å². The lowest BCUT2D eigenvalue weighted by Crippen LogP contribution is -2.19. The van der Waals surface area contributed by atoms with Gasteiger partial charge in [0.15, 0.2) is 11.6 Å². The molecule has 0 radical (unpaired) electrons. The number of benzene rings is 1. The highest BCUT2D eigenvalue weighted by Gasteiger charge is 2.32. The maximum atomic E-state index is 13.0. The van der Waals surface area contributed by atoms with Gasteiger partial charge >= 0.3 is 6.18 Å². The molecule has 0 saturated carbocycles. The molecule has 3 aromatic rings. The van der Waals surface area contributed by atoms with E-state index in [1.54, 1.807) is 30.3 Å². The van der Waals surface area contributed by atoms with Gasteiger partial charge < -0.3 is 9.26 Å². The number of methoxy groups -OCH3 is 1. The van der Waals surface area contributed by atoms with E-state index in [-0.39, 0.29) is 22.8 Å². The fourth-order valence-electron chi connectivity index (χ4n) is 2.40. The van der Waals surface area contributed by atoms with Gasteiger partial charge in [0.2, 0.25) is 5.76 Å². The number of aromatic nitrogens is 4. The fourth-order valence-corrected chi connectivity index (χ4v) is 2.40. The molecule has 0 saturated heterocycles. The Morgan fingerprint density at radius 1 is 1.11 bits per heavy atom. The van der Waals surface area contributed by atoms with Gasteiger partial charge in [0.25, 0.3) is 0 Å². The number of hydrogen-bond acceptors (Lipinski definition) is 5. The van der Waals surface area contributed by atoms with E-state index < -0.39 is 12.7 Å². The first-order valence-corrected chi connectivity index (χ1v) is 8.20. The van der Waals surface area contributed by atoms with Gasteiger partial charge in [-0.25, -0.2) is 9.67 Å². The molecule has 0 aliphatic carbocycles. The van der Waals surface area contributed by atoms with Crippen LogP contribution in [0.2, 0.25) is 0 Å². The van der Waals surface area contributed by atoms with E-state index in [9.17, 15) is 13.2 Å². The molecule has 144 valence electrons. The van der Waals surface area contributed by atoms with Crippen LogP contribution in [0.25, 0.3) is 23.0 Å². The Morgan fingerprint density at radius 3 is 2.30 bits per heavy atom. The second kappa shape index (κ2) is 6.71. The highest BCUT2D eigenvalue weighted by Crippen LogP contribution is 2.30. The minimum atomic E-state index is -4.45. The topological polar surface area (TPSA) is 66.0 Å². The molecule has 0 spiro atoms. The average molecular weight is 380 g/mol. The van der Waals surface area contributed by atoms with Crippen LogP contribution in [0.15, 0.2) is 34.9 Å². The Bertz CT molecular complexity index is 921. The van der Waals surface area contributed by atoms with Gasteiger partial charge in [-0.15, -0.1) is 0 Å². The predicted octanol–water partition coefficient (Wildman–Crippen LogP) is 4.47. The van der Waals surface area contributed by atoms with Gasteiger partial charge in [0, 0.05) is 17.0 Å². The third-order valence-electron chi connectivity index (χ3n) is 3.85. The molecule has 0 aliphatic rings. The van der Waals surface area contributed by atoms with Gasteiger partial charge in [-0.05, 0) is 24.3 Å². The zero-order valence-corrected chi connectivity index (χ0v) is 15.3. The van der Waals surface area contributed by atoms with Crippen molar-refractivity contribution in [2.45, 2.75) is 38.9 Å². The standard InChI is InChI=1S/C18H19F3N4O2/c1-17(2,3)14-9-13(27-24-14)16-22-15(23-25(16)10-18(19,20)21)11-5-7-12(26-4)8-6-11/h5-9H,10H2,1-4H3. The first-order chi connectivity index (χ1) is 12.6. The Hall–Kier alpha value is -2.84. The van der Waals surface area contributed by atoms with Crippen molar-refractivity contribution in [1.82, 2.24) is 19.9 Å². The number of nitrogens with zero attached hydrogens (tertiary/aromatic N) is 4. The highest BCUT2D eigenvalue weighted by atomic mass is 19.4. The SMILES string of the molecule is COc1ccc(-c2nc(-c3cc(C(C)(C)C)no3)n(CC(F)(F)F)n2)cc1. The van der Waals surface area contributed by atoms with Crippen LogP contribution < -0.4 is 4.74 Å². The van der Waals surface area contributed by atoms with E-state index in [2.05, 4.69) is 15.2 Å². The quantitative estimate of drug-likeness (QED) is 0.668. The molecule has 2 heterocycles. The molecule has 0 bridgehead atoms. The van der Waals surface area contributed by atoms with E-state index in [1.165, 1.54) is 7.11 Å². The molecular formula is C18H19F3N4O2. The molecular weight excluding hydrogens is 361 g/mol. The summed E-state index contributed by atoms with van der Waals surface area (Å²) >= 11 is 0. The molecule has 6 nitrogen and oxygen atoms in total. The van der Waals surface area contributed by atoms with E-state index in [1.807, 2.05) is 20.8 Å². The largest absolute Gasteiger partial charge is 0.497 e. The summed E-state index contributed by atoms with van der Waals surface area (Å²) in [6.45, 7) is 4.50. The van der Waals surface area contributed by atoms with Crippen molar-refractivity contribution in [3.63, 3.8) is 0 Å². The van der Waals surface area contributed by atoms with Crippen LogP contribution in [0.1, 0.15) is 26.5 Å². The summed E-state index contributed by atoms with van der Waals surface area (Å²) in [5.41, 5.74) is 0.869. The maximum absolute atomic E-state index is 13.0. The molecule has 0 aliphatic heterocycles. The Balaban J connectivity index is 2.05. The summed E-state index contributed by atoms with van der Waals surface area (Å²) in [5.74, 6) is 0.891. The zero-order valence-electron chi connectivity index (χ0n) is 15.3. The van der Waals surface area contributed by atoms with Crippen LogP contribution >= 0.6 is 0 Å². The van der Waals surface area contributed by atoms with Crippen molar-refractivity contribution in [2.24, 2.45) is 0 Å². The number of hydrogen-bond donors (Lipinski definition) is 0. The Labute approximate surface area is 154 Å². The summed E-state index contributed by atoms with van der Waals surface area (Å²) in [6, 6.07) is 8.32. The van der Waals surface area contributed by atoms with Gasteiger partial charge in [-0.3, -0.25) is 0 Å². The van der Waals surface area contributed by atoms with Crippen LogP contribution in [-0.2, 0) is 12.0 Å². The second-order valence-corrected chi connectivity index (χ2v) is 7.09. The monoisotopic (exact) mass is 380 g/mol. The number of halogens is 3. The molecule has 0 N–H and O–H groups in total. The first kappa shape index (κ1) is 18.9. The summed E-state index contributed by atoms with van der Waals surface area (Å²) in [6.07, 6.45) is -4.45. The lowest BCUT2D eigenvalue weighted by Gasteiger charge is -2.12. The van der Waals surface area contributed by atoms with Gasteiger partial charge in [0.05, 0.1) is 12.8 Å². The van der Waals surface area contributed by atoms with Gasteiger partial charge in [-0.1, -0.05) is 25.9 Å². The van der Waals surface area contributed by atoms with E-state index >= 15 is 0 Å². The third kappa shape index (κ3) is 4.29. The minimum Gasteiger partial charge on any atom is -0.497 e. The van der Waals surface area contributed by atoms with Crippen LogP contribution in [0.5, 0.6) is 5.75 Å². The summed E-state index contributed by atoms with van der Waals surface area (Å²) in [7, 11) is 1.53. The summed E-state index contributed by atoms with van der Waals surface area (Å²) in [5, 5.41) is 7.98. The van der Waals surface area contributed by atoms with E-state index in [4.69, 9.17) is 9.26 Å². The molecule has 27 heavy (non-hydrogen) atoms. The molecule has 3 rings (SSSR count). The van der Waals surface area contributed by atoms with Gasteiger partial charge in [-0.2, -0.15) is 18.3 Å². The summed E-state index contributed by atoms with van der Waals surface area (Å²) in [4.78, 5) is 4.26. The van der Waals surface area contributed by atoms with E-state index in [0.29, 0.717) is 17.0 Å². The lowest BCUT2D eigenvalue weighted by molar-refractivity contribution is -0.142. The molecule has 0 atom stereocenters. The average Bonchev–Trinajstić information content (AvgIpc) is 3.20. The predicted molar refractivity (Wildman–Crippen MR) is 92.3 cm³/mol. The minimum absolute atomic E-state index is 0.0267. The number of alkyl halides is 3. The molecule has 9 heteroatoms. The third-order valence-corrected chi connectivity index (χ3v) is 3.85. The smallest absolute Gasteiger partial charge is 0.408 e. The fraction of sp³-hybridized carbons (Fsp3) is 0.389. The second-order valence-electron chi connectivity index (χ2n) is 7.09. The number of ether oxygens (including phenoxy) is 1. The Morgan fingerprint density at radius 2 is 1.78 bits per heavy atom. The van der Waals surface area contributed by atoms with Crippen molar-refractivity contribution in [3.05, 3.63) is 36.0 Å². The van der Waals surface area contributed by atoms with Crippen LogP contribution in [0, 0.1) is 0 Å². The molecule has 2 aromatic heterocycles. The van der Waals surface area contributed by atoms with Crippen LogP contribution in [-0.4, -0.2) is 33.2 Å². The zero-order chi connectivity index (χ0) is 19.8. The normalized spacial score (nSPS) is 12.4. The van der Waals surface area contributed by atoms with Crippen LogP contribution in [0.3, 0.4) is 0 Å². The first-order valence-electron chi connectivity index (χ1n) is 8.20. The lowest BCUT2D eigenvalue weighted by atomic mass is 9.92. The van der Waals surface area contributed by atoms with Crippen molar-refractivity contribution in [2.75, 3.05) is 7.11 Å². The molecule has 0 fully saturated rings. The molecule has 0 unspecified atom stereocenters. The van der Waals surface area contributed by atoms with Crippen molar-refractivity contribution in [3.8, 4) is 28.7 Å². The molecule has 0 amide bonds.